The Morgan fingerprint density at radius 2 is 1.85 bits per heavy atom. The molecule has 0 N–H and O–H groups in total. The van der Waals surface area contributed by atoms with E-state index in [0.717, 1.165) is 0 Å². The summed E-state index contributed by atoms with van der Waals surface area (Å²) in [5, 5.41) is 0.287. The van der Waals surface area contributed by atoms with E-state index in [1.54, 1.807) is 30.3 Å². The van der Waals surface area contributed by atoms with Crippen molar-refractivity contribution in [3.8, 4) is 0 Å². The SMILES string of the molecule is O=C1C(=O)N(Cc2ccc(Cl)cc2F)c2ccccc21. The molecule has 0 aliphatic carbocycles. The predicted octanol–water partition coefficient (Wildman–Crippen LogP) is 3.21. The quantitative estimate of drug-likeness (QED) is 0.796. The normalized spacial score (nSPS) is 13.8. The van der Waals surface area contributed by atoms with Gasteiger partial charge in [0.15, 0.2) is 0 Å². The van der Waals surface area contributed by atoms with Crippen LogP contribution in [0.4, 0.5) is 10.1 Å². The van der Waals surface area contributed by atoms with Crippen molar-refractivity contribution in [3.63, 3.8) is 0 Å². The number of anilines is 1. The fraction of sp³-hybridized carbons (Fsp3) is 0.0667. The molecule has 2 aromatic rings. The molecule has 1 aliphatic heterocycles. The molecule has 0 saturated heterocycles. The second kappa shape index (κ2) is 4.72. The Labute approximate surface area is 119 Å². The summed E-state index contributed by atoms with van der Waals surface area (Å²) in [7, 11) is 0. The highest BCUT2D eigenvalue weighted by Crippen LogP contribution is 2.30. The summed E-state index contributed by atoms with van der Waals surface area (Å²) in [6, 6.07) is 10.9. The zero-order chi connectivity index (χ0) is 14.3. The van der Waals surface area contributed by atoms with Gasteiger partial charge >= 0.3 is 0 Å². The third kappa shape index (κ3) is 1.98. The molecular weight excluding hydrogens is 281 g/mol. The van der Waals surface area contributed by atoms with Gasteiger partial charge in [0.25, 0.3) is 11.7 Å². The number of fused-ring (bicyclic) bond motifs is 1. The van der Waals surface area contributed by atoms with E-state index < -0.39 is 17.5 Å². The van der Waals surface area contributed by atoms with E-state index in [1.165, 1.54) is 17.0 Å². The molecule has 1 aliphatic rings. The molecule has 20 heavy (non-hydrogen) atoms. The van der Waals surface area contributed by atoms with Crippen molar-refractivity contribution in [1.82, 2.24) is 0 Å². The summed E-state index contributed by atoms with van der Waals surface area (Å²) < 4.78 is 13.8. The first-order chi connectivity index (χ1) is 9.58. The van der Waals surface area contributed by atoms with E-state index in [1.807, 2.05) is 0 Å². The predicted molar refractivity (Wildman–Crippen MR) is 73.4 cm³/mol. The minimum atomic E-state index is -0.638. The zero-order valence-corrected chi connectivity index (χ0v) is 11.0. The van der Waals surface area contributed by atoms with Gasteiger partial charge in [0.1, 0.15) is 5.82 Å². The van der Waals surface area contributed by atoms with E-state index >= 15 is 0 Å². The van der Waals surface area contributed by atoms with Crippen molar-refractivity contribution in [2.75, 3.05) is 4.90 Å². The van der Waals surface area contributed by atoms with Crippen molar-refractivity contribution < 1.29 is 14.0 Å². The van der Waals surface area contributed by atoms with Crippen LogP contribution in [0.25, 0.3) is 0 Å². The minimum Gasteiger partial charge on any atom is -0.300 e. The molecule has 0 fully saturated rings. The number of rotatable bonds is 2. The second-order valence-corrected chi connectivity index (χ2v) is 4.91. The summed E-state index contributed by atoms with van der Waals surface area (Å²) >= 11 is 5.69. The fourth-order valence-corrected chi connectivity index (χ4v) is 2.38. The molecule has 3 nitrogen and oxygen atoms in total. The first-order valence-corrected chi connectivity index (χ1v) is 6.35. The molecule has 0 bridgehead atoms. The molecule has 2 aromatic carbocycles. The van der Waals surface area contributed by atoms with Gasteiger partial charge in [0, 0.05) is 10.6 Å². The number of benzene rings is 2. The Hall–Kier alpha value is -2.20. The summed E-state index contributed by atoms with van der Waals surface area (Å²) in [6.07, 6.45) is 0. The van der Waals surface area contributed by atoms with Gasteiger partial charge in [-0.25, -0.2) is 4.39 Å². The van der Waals surface area contributed by atoms with Gasteiger partial charge in [0.05, 0.1) is 17.8 Å². The summed E-state index contributed by atoms with van der Waals surface area (Å²) in [4.78, 5) is 25.1. The minimum absolute atomic E-state index is 0.00455. The van der Waals surface area contributed by atoms with Gasteiger partial charge < -0.3 is 4.90 Å². The summed E-state index contributed by atoms with van der Waals surface area (Å²) in [5.41, 5.74) is 1.18. The van der Waals surface area contributed by atoms with Crippen LogP contribution in [0, 0.1) is 5.82 Å². The lowest BCUT2D eigenvalue weighted by Crippen LogP contribution is -2.29. The molecule has 0 atom stereocenters. The smallest absolute Gasteiger partial charge is 0.299 e. The number of Topliss-reactive ketones (excluding diaryl/α,β-unsaturated/α-hetero) is 1. The van der Waals surface area contributed by atoms with Crippen LogP contribution in [0.15, 0.2) is 42.5 Å². The van der Waals surface area contributed by atoms with Crippen LogP contribution < -0.4 is 4.90 Å². The van der Waals surface area contributed by atoms with Crippen molar-refractivity contribution in [2.24, 2.45) is 0 Å². The largest absolute Gasteiger partial charge is 0.300 e. The molecule has 100 valence electrons. The second-order valence-electron chi connectivity index (χ2n) is 4.47. The van der Waals surface area contributed by atoms with Crippen LogP contribution in [0.5, 0.6) is 0 Å². The third-order valence-corrected chi connectivity index (χ3v) is 3.46. The van der Waals surface area contributed by atoms with E-state index in [2.05, 4.69) is 0 Å². The van der Waals surface area contributed by atoms with E-state index in [0.29, 0.717) is 16.8 Å². The van der Waals surface area contributed by atoms with Crippen LogP contribution >= 0.6 is 11.6 Å². The lowest BCUT2D eigenvalue weighted by Gasteiger charge is -2.16. The molecule has 0 unspecified atom stereocenters. The number of amides is 1. The summed E-state index contributed by atoms with van der Waals surface area (Å²) in [5.74, 6) is -1.70. The lowest BCUT2D eigenvalue weighted by molar-refractivity contribution is -0.114. The topological polar surface area (TPSA) is 37.4 Å². The van der Waals surface area contributed by atoms with E-state index in [4.69, 9.17) is 11.6 Å². The first kappa shape index (κ1) is 12.8. The van der Waals surface area contributed by atoms with Crippen molar-refractivity contribution in [1.29, 1.82) is 0 Å². The van der Waals surface area contributed by atoms with E-state index in [9.17, 15) is 14.0 Å². The van der Waals surface area contributed by atoms with Gasteiger partial charge in [0.2, 0.25) is 0 Å². The Bertz CT molecular complexity index is 730. The molecule has 0 saturated carbocycles. The van der Waals surface area contributed by atoms with Crippen LogP contribution in [0.2, 0.25) is 5.02 Å². The van der Waals surface area contributed by atoms with Gasteiger partial charge in [-0.15, -0.1) is 0 Å². The average Bonchev–Trinajstić information content (AvgIpc) is 2.67. The number of para-hydroxylation sites is 1. The molecule has 0 radical (unpaired) electrons. The monoisotopic (exact) mass is 289 g/mol. The maximum atomic E-state index is 13.8. The number of nitrogens with zero attached hydrogens (tertiary/aromatic N) is 1. The highest BCUT2D eigenvalue weighted by Gasteiger charge is 2.35. The number of hydrogen-bond acceptors (Lipinski definition) is 2. The molecule has 1 amide bonds. The number of carbonyl (C=O) groups is 2. The number of ketones is 1. The highest BCUT2D eigenvalue weighted by molar-refractivity contribution is 6.52. The number of hydrogen-bond donors (Lipinski definition) is 0. The fourth-order valence-electron chi connectivity index (χ4n) is 2.23. The number of carbonyl (C=O) groups excluding carboxylic acids is 2. The molecular formula is C15H9ClFNO2. The van der Waals surface area contributed by atoms with Gasteiger partial charge in [-0.1, -0.05) is 29.8 Å². The average molecular weight is 290 g/mol. The van der Waals surface area contributed by atoms with Crippen molar-refractivity contribution in [3.05, 3.63) is 64.4 Å². The zero-order valence-electron chi connectivity index (χ0n) is 10.3. The van der Waals surface area contributed by atoms with Gasteiger partial charge in [-0.3, -0.25) is 9.59 Å². The van der Waals surface area contributed by atoms with Crippen LogP contribution in [0.3, 0.4) is 0 Å². The molecule has 5 heteroatoms. The number of halogens is 2. The van der Waals surface area contributed by atoms with Crippen molar-refractivity contribution >= 4 is 29.0 Å². The summed E-state index contributed by atoms with van der Waals surface area (Å²) in [6.45, 7) is 0.00455. The highest BCUT2D eigenvalue weighted by atomic mass is 35.5. The lowest BCUT2D eigenvalue weighted by atomic mass is 10.1. The Kier molecular flexibility index (Phi) is 3.03. The van der Waals surface area contributed by atoms with Crippen LogP contribution in [-0.4, -0.2) is 11.7 Å². The molecule has 0 spiro atoms. The Balaban J connectivity index is 1.99. The van der Waals surface area contributed by atoms with Crippen LogP contribution in [-0.2, 0) is 11.3 Å². The maximum Gasteiger partial charge on any atom is 0.299 e. The molecule has 0 aromatic heterocycles. The Morgan fingerprint density at radius 3 is 2.60 bits per heavy atom. The third-order valence-electron chi connectivity index (χ3n) is 3.22. The first-order valence-electron chi connectivity index (χ1n) is 5.97. The van der Waals surface area contributed by atoms with Crippen LogP contribution in [0.1, 0.15) is 15.9 Å². The molecule has 1 heterocycles. The Morgan fingerprint density at radius 1 is 1.10 bits per heavy atom. The molecule has 3 rings (SSSR count). The maximum absolute atomic E-state index is 13.8. The van der Waals surface area contributed by atoms with Crippen molar-refractivity contribution in [2.45, 2.75) is 6.54 Å². The van der Waals surface area contributed by atoms with E-state index in [-0.39, 0.29) is 11.6 Å². The standard InChI is InChI=1S/C15H9ClFNO2/c16-10-6-5-9(12(17)7-10)8-18-13-4-2-1-3-11(13)14(19)15(18)20/h1-7H,8H2. The van der Waals surface area contributed by atoms with Gasteiger partial charge in [-0.05, 0) is 24.3 Å². The van der Waals surface area contributed by atoms with Gasteiger partial charge in [-0.2, -0.15) is 0 Å².